The molecular formula is C60H89N5O3S. The first-order valence-corrected chi connectivity index (χ1v) is 27.2. The van der Waals surface area contributed by atoms with Crippen molar-refractivity contribution in [3.05, 3.63) is 156 Å². The number of carbonyl (C=O) groups excluding carboxylic acids is 3. The predicted octanol–water partition coefficient (Wildman–Crippen LogP) is 14.7. The third-order valence-corrected chi connectivity index (χ3v) is 12.1. The van der Waals surface area contributed by atoms with E-state index in [1.807, 2.05) is 6.08 Å². The molecule has 1 aliphatic carbocycles. The van der Waals surface area contributed by atoms with Gasteiger partial charge in [0.05, 0.1) is 5.69 Å². The van der Waals surface area contributed by atoms with Crippen molar-refractivity contribution in [1.82, 2.24) is 20.9 Å². The van der Waals surface area contributed by atoms with Crippen LogP contribution in [0.3, 0.4) is 0 Å². The Kier molecular flexibility index (Phi) is 38.4. The summed E-state index contributed by atoms with van der Waals surface area (Å²) in [4.78, 5) is 45.3. The molecule has 9 heteroatoms. The Hall–Kier alpha value is -5.12. The standard InChI is InChI=1S/C60H89N5O3S/c1-4-7-9-11-13-15-17-19-21-23-25-27-29-31-33-35-37-39-41-46-57(66)62-51-44-43-45-55(59(68)65-60-64-54-49-48-53(61-50-6-3)52-56(54)69-60)63-58(67)47-42-40-38-36-34-32-30-28-26-24-22-20-18-16-14-12-10-8-5-2/h7-10,13-16,19-22,25-28,31-34,37-40,53,55,61H,4-6,11-12,17-18,23-24,29-30,35-36,41-52H2,1-3H3,(H,62,66)(H,63,67)(H,64,65,68)/b9-7-,10-8-,15-13-,16-14-,21-19-,22-20-,27-25-,28-26-,33-31-,34-32-,39-37-,40-38-/t53?,55-/m0/s1. The van der Waals surface area contributed by atoms with E-state index in [0.29, 0.717) is 62.7 Å². The van der Waals surface area contributed by atoms with Gasteiger partial charge in [0.1, 0.15) is 6.04 Å². The number of thiazole rings is 1. The van der Waals surface area contributed by atoms with Crippen molar-refractivity contribution >= 4 is 34.2 Å². The fourth-order valence-electron chi connectivity index (χ4n) is 7.18. The maximum absolute atomic E-state index is 13.6. The molecule has 378 valence electrons. The Labute approximate surface area is 422 Å². The Morgan fingerprint density at radius 1 is 0.565 bits per heavy atom. The van der Waals surface area contributed by atoms with Gasteiger partial charge in [0.25, 0.3) is 0 Å². The van der Waals surface area contributed by atoms with Gasteiger partial charge in [0.15, 0.2) is 5.13 Å². The van der Waals surface area contributed by atoms with Crippen LogP contribution < -0.4 is 21.3 Å². The Morgan fingerprint density at radius 2 is 1.00 bits per heavy atom. The van der Waals surface area contributed by atoms with E-state index in [1.54, 1.807) is 11.3 Å². The highest BCUT2D eigenvalue weighted by atomic mass is 32.1. The van der Waals surface area contributed by atoms with Gasteiger partial charge >= 0.3 is 0 Å². The lowest BCUT2D eigenvalue weighted by atomic mass is 9.98. The molecule has 0 aliphatic heterocycles. The van der Waals surface area contributed by atoms with E-state index >= 15 is 0 Å². The Balaban J connectivity index is 1.71. The third-order valence-electron chi connectivity index (χ3n) is 11.0. The fourth-order valence-corrected chi connectivity index (χ4v) is 8.27. The van der Waals surface area contributed by atoms with E-state index in [2.05, 4.69) is 182 Å². The number of amides is 3. The molecule has 0 radical (unpaired) electrons. The second kappa shape index (κ2) is 44.1. The number of fused-ring (bicyclic) bond motifs is 1. The highest BCUT2D eigenvalue weighted by Crippen LogP contribution is 2.30. The van der Waals surface area contributed by atoms with E-state index < -0.39 is 6.04 Å². The van der Waals surface area contributed by atoms with Gasteiger partial charge in [-0.25, -0.2) is 4.98 Å². The van der Waals surface area contributed by atoms with Gasteiger partial charge in [-0.15, -0.1) is 11.3 Å². The van der Waals surface area contributed by atoms with Crippen LogP contribution in [0.5, 0.6) is 0 Å². The summed E-state index contributed by atoms with van der Waals surface area (Å²) in [5.41, 5.74) is 1.07. The zero-order chi connectivity index (χ0) is 49.5. The van der Waals surface area contributed by atoms with E-state index in [4.69, 9.17) is 4.98 Å². The second-order valence-electron chi connectivity index (χ2n) is 17.1. The maximum atomic E-state index is 13.6. The van der Waals surface area contributed by atoms with Crippen LogP contribution in [-0.2, 0) is 27.2 Å². The normalized spacial score (nSPS) is 15.3. The van der Waals surface area contributed by atoms with Crippen LogP contribution in [0.4, 0.5) is 5.13 Å². The number of carbonyl (C=O) groups is 3. The molecular weight excluding hydrogens is 871 g/mol. The van der Waals surface area contributed by atoms with Gasteiger partial charge in [0.2, 0.25) is 17.7 Å². The van der Waals surface area contributed by atoms with Crippen molar-refractivity contribution in [3.63, 3.8) is 0 Å². The number of aromatic nitrogens is 1. The summed E-state index contributed by atoms with van der Waals surface area (Å²) in [6, 6.07) is -0.252. The predicted molar refractivity (Wildman–Crippen MR) is 299 cm³/mol. The lowest BCUT2D eigenvalue weighted by Crippen LogP contribution is -2.43. The molecule has 1 aromatic rings. The molecule has 8 nitrogen and oxygen atoms in total. The number of nitrogens with one attached hydrogen (secondary N) is 4. The summed E-state index contributed by atoms with van der Waals surface area (Å²) in [6.45, 7) is 8.00. The molecule has 0 saturated carbocycles. The van der Waals surface area contributed by atoms with Crippen LogP contribution in [0.25, 0.3) is 0 Å². The fraction of sp³-hybridized carbons (Fsp3) is 0.500. The van der Waals surface area contributed by atoms with Gasteiger partial charge < -0.3 is 21.3 Å². The number of rotatable bonds is 39. The summed E-state index contributed by atoms with van der Waals surface area (Å²) in [5, 5.41) is 13.3. The maximum Gasteiger partial charge on any atom is 0.248 e. The first-order valence-electron chi connectivity index (χ1n) is 26.3. The molecule has 0 bridgehead atoms. The first kappa shape index (κ1) is 60.0. The van der Waals surface area contributed by atoms with Crippen LogP contribution in [0.1, 0.15) is 166 Å². The number of hydrogen-bond donors (Lipinski definition) is 4. The van der Waals surface area contributed by atoms with Crippen molar-refractivity contribution in [2.24, 2.45) is 0 Å². The molecule has 3 amide bonds. The SMILES string of the molecule is CC/C=C\C/C=C\C/C=C\C/C=C\C/C=C\C/C=C\CCC(=O)NCCCC[C@H](NC(=O)CC/C=C\C/C=C\C/C=C\C/C=C\C/C=C\C/C=C\CC)C(=O)Nc1nc2c(s1)CC(NCCC)CC2. The number of anilines is 1. The molecule has 1 heterocycles. The lowest BCUT2D eigenvalue weighted by molar-refractivity contribution is -0.126. The highest BCUT2D eigenvalue weighted by molar-refractivity contribution is 7.15. The van der Waals surface area contributed by atoms with Gasteiger partial charge in [0, 0.05) is 30.3 Å². The minimum atomic E-state index is -0.688. The summed E-state index contributed by atoms with van der Waals surface area (Å²) >= 11 is 1.54. The van der Waals surface area contributed by atoms with E-state index in [1.165, 1.54) is 4.88 Å². The number of allylic oxidation sites excluding steroid dienone is 24. The topological polar surface area (TPSA) is 112 Å². The molecule has 0 saturated heterocycles. The molecule has 2 rings (SSSR count). The first-order chi connectivity index (χ1) is 34.0. The van der Waals surface area contributed by atoms with Crippen molar-refractivity contribution in [1.29, 1.82) is 0 Å². The van der Waals surface area contributed by atoms with Gasteiger partial charge in [-0.2, -0.15) is 0 Å². The van der Waals surface area contributed by atoms with Crippen LogP contribution in [0.15, 0.2) is 146 Å². The van der Waals surface area contributed by atoms with E-state index in [0.717, 1.165) is 115 Å². The summed E-state index contributed by atoms with van der Waals surface area (Å²) in [5.74, 6) is -0.378. The molecule has 1 unspecified atom stereocenters. The summed E-state index contributed by atoms with van der Waals surface area (Å²) < 4.78 is 0. The molecule has 1 aromatic heterocycles. The quantitative estimate of drug-likeness (QED) is 0.0388. The van der Waals surface area contributed by atoms with E-state index in [9.17, 15) is 14.4 Å². The van der Waals surface area contributed by atoms with Crippen LogP contribution in [0, 0.1) is 0 Å². The second-order valence-corrected chi connectivity index (χ2v) is 18.2. The smallest absolute Gasteiger partial charge is 0.248 e. The molecule has 4 N–H and O–H groups in total. The Morgan fingerprint density at radius 3 is 1.45 bits per heavy atom. The Bertz CT molecular complexity index is 1890. The summed E-state index contributed by atoms with van der Waals surface area (Å²) in [7, 11) is 0. The summed E-state index contributed by atoms with van der Waals surface area (Å²) in [6.07, 6.45) is 71.5. The van der Waals surface area contributed by atoms with Gasteiger partial charge in [-0.3, -0.25) is 14.4 Å². The molecule has 1 aliphatic rings. The van der Waals surface area contributed by atoms with Crippen LogP contribution in [0.2, 0.25) is 0 Å². The van der Waals surface area contributed by atoms with Crippen molar-refractivity contribution in [3.8, 4) is 0 Å². The number of nitrogens with zero attached hydrogens (tertiary/aromatic N) is 1. The number of unbranched alkanes of at least 4 members (excludes halogenated alkanes) is 1. The molecule has 69 heavy (non-hydrogen) atoms. The lowest BCUT2D eigenvalue weighted by Gasteiger charge is -2.21. The number of hydrogen-bond acceptors (Lipinski definition) is 6. The van der Waals surface area contributed by atoms with Crippen LogP contribution in [-0.4, -0.2) is 47.9 Å². The minimum Gasteiger partial charge on any atom is -0.356 e. The molecule has 2 atom stereocenters. The third kappa shape index (κ3) is 34.8. The molecule has 0 spiro atoms. The van der Waals surface area contributed by atoms with Gasteiger partial charge in [-0.1, -0.05) is 167 Å². The van der Waals surface area contributed by atoms with Crippen molar-refractivity contribution in [2.75, 3.05) is 18.4 Å². The zero-order valence-electron chi connectivity index (χ0n) is 42.8. The van der Waals surface area contributed by atoms with Crippen molar-refractivity contribution < 1.29 is 14.4 Å². The average molecular weight is 960 g/mol. The minimum absolute atomic E-state index is 0.0198. The van der Waals surface area contributed by atoms with Crippen LogP contribution >= 0.6 is 11.3 Å². The number of aryl methyl sites for hydroxylation is 1. The highest BCUT2D eigenvalue weighted by Gasteiger charge is 2.25. The largest absolute Gasteiger partial charge is 0.356 e. The zero-order valence-corrected chi connectivity index (χ0v) is 43.6. The van der Waals surface area contributed by atoms with E-state index in [-0.39, 0.29) is 17.7 Å². The molecule has 0 aromatic carbocycles. The average Bonchev–Trinajstić information content (AvgIpc) is 3.75. The monoisotopic (exact) mass is 960 g/mol. The van der Waals surface area contributed by atoms with Gasteiger partial charge in [-0.05, 0) is 141 Å². The molecule has 0 fully saturated rings. The van der Waals surface area contributed by atoms with Crippen molar-refractivity contribution in [2.45, 2.75) is 181 Å².